The molecule has 1 aliphatic carbocycles. The summed E-state index contributed by atoms with van der Waals surface area (Å²) in [6.07, 6.45) is 1.37. The average molecular weight is 343 g/mol. The predicted molar refractivity (Wildman–Crippen MR) is 96.6 cm³/mol. The molecule has 1 N–H and O–H groups in total. The number of nitriles is 1. The molecule has 128 valence electrons. The van der Waals surface area contributed by atoms with Crippen molar-refractivity contribution in [3.05, 3.63) is 66.0 Å². The molecule has 1 aliphatic rings. The van der Waals surface area contributed by atoms with Crippen molar-refractivity contribution >= 4 is 5.91 Å². The van der Waals surface area contributed by atoms with E-state index in [4.69, 9.17) is 5.26 Å². The van der Waals surface area contributed by atoms with Crippen molar-refractivity contribution in [1.29, 1.82) is 5.26 Å². The maximum absolute atomic E-state index is 12.4. The Balaban J connectivity index is 1.58. The van der Waals surface area contributed by atoms with Crippen LogP contribution in [0.15, 0.2) is 54.6 Å². The second-order valence-corrected chi connectivity index (χ2v) is 6.50. The zero-order valence-electron chi connectivity index (χ0n) is 14.3. The third-order valence-corrected chi connectivity index (χ3v) is 4.65. The SMILES string of the molecule is Cc1c(C(=O)NC2(C#N)CC2)nnn1-c1ccc(-c2ccccc2)cc1. The summed E-state index contributed by atoms with van der Waals surface area (Å²) in [4.78, 5) is 12.4. The summed E-state index contributed by atoms with van der Waals surface area (Å²) in [5.41, 5.74) is 3.25. The zero-order valence-corrected chi connectivity index (χ0v) is 14.3. The van der Waals surface area contributed by atoms with Gasteiger partial charge in [-0.25, -0.2) is 4.68 Å². The monoisotopic (exact) mass is 343 g/mol. The molecule has 6 heteroatoms. The molecule has 26 heavy (non-hydrogen) atoms. The lowest BCUT2D eigenvalue weighted by molar-refractivity contribution is 0.0936. The zero-order chi connectivity index (χ0) is 18.1. The second kappa shape index (κ2) is 6.12. The normalized spacial score (nSPS) is 14.5. The number of benzene rings is 2. The summed E-state index contributed by atoms with van der Waals surface area (Å²) in [5, 5.41) is 20.0. The predicted octanol–water partition coefficient (Wildman–Crippen LogP) is 3.03. The van der Waals surface area contributed by atoms with E-state index in [2.05, 4.69) is 33.8 Å². The van der Waals surface area contributed by atoms with E-state index in [1.165, 1.54) is 0 Å². The lowest BCUT2D eigenvalue weighted by Crippen LogP contribution is -2.36. The highest BCUT2D eigenvalue weighted by atomic mass is 16.2. The van der Waals surface area contributed by atoms with Crippen LogP contribution in [-0.4, -0.2) is 26.4 Å². The van der Waals surface area contributed by atoms with E-state index >= 15 is 0 Å². The van der Waals surface area contributed by atoms with Crippen molar-refractivity contribution in [1.82, 2.24) is 20.3 Å². The Bertz CT molecular complexity index is 995. The molecule has 0 aliphatic heterocycles. The molecule has 1 saturated carbocycles. The number of rotatable bonds is 4. The van der Waals surface area contributed by atoms with Crippen molar-refractivity contribution in [2.75, 3.05) is 0 Å². The van der Waals surface area contributed by atoms with Crippen LogP contribution in [0.5, 0.6) is 0 Å². The fourth-order valence-electron chi connectivity index (χ4n) is 2.88. The van der Waals surface area contributed by atoms with Crippen molar-refractivity contribution in [3.8, 4) is 22.9 Å². The summed E-state index contributed by atoms with van der Waals surface area (Å²) in [7, 11) is 0. The van der Waals surface area contributed by atoms with Crippen LogP contribution in [0.2, 0.25) is 0 Å². The number of nitrogens with one attached hydrogen (secondary N) is 1. The lowest BCUT2D eigenvalue weighted by Gasteiger charge is -2.08. The molecule has 0 radical (unpaired) electrons. The lowest BCUT2D eigenvalue weighted by atomic mass is 10.1. The van der Waals surface area contributed by atoms with Crippen LogP contribution in [-0.2, 0) is 0 Å². The first-order valence-corrected chi connectivity index (χ1v) is 8.44. The van der Waals surface area contributed by atoms with E-state index in [1.807, 2.05) is 42.5 Å². The van der Waals surface area contributed by atoms with Gasteiger partial charge >= 0.3 is 0 Å². The van der Waals surface area contributed by atoms with Gasteiger partial charge in [-0.1, -0.05) is 47.7 Å². The summed E-state index contributed by atoms with van der Waals surface area (Å²) < 4.78 is 1.63. The summed E-state index contributed by atoms with van der Waals surface area (Å²) in [6.45, 7) is 1.80. The van der Waals surface area contributed by atoms with E-state index in [9.17, 15) is 4.79 Å². The number of nitrogens with zero attached hydrogens (tertiary/aromatic N) is 4. The number of hydrogen-bond donors (Lipinski definition) is 1. The van der Waals surface area contributed by atoms with Crippen LogP contribution in [0.3, 0.4) is 0 Å². The molecule has 1 heterocycles. The van der Waals surface area contributed by atoms with Gasteiger partial charge in [-0.2, -0.15) is 5.26 Å². The summed E-state index contributed by atoms with van der Waals surface area (Å²) in [5.74, 6) is -0.353. The van der Waals surface area contributed by atoms with Crippen LogP contribution in [0.4, 0.5) is 0 Å². The first-order valence-electron chi connectivity index (χ1n) is 8.44. The van der Waals surface area contributed by atoms with E-state index in [1.54, 1.807) is 11.6 Å². The van der Waals surface area contributed by atoms with Gasteiger partial charge in [0.15, 0.2) is 5.69 Å². The molecule has 3 aromatic rings. The van der Waals surface area contributed by atoms with Gasteiger partial charge in [0.1, 0.15) is 5.54 Å². The van der Waals surface area contributed by atoms with Gasteiger partial charge in [-0.15, -0.1) is 5.10 Å². The van der Waals surface area contributed by atoms with Gasteiger partial charge < -0.3 is 5.32 Å². The van der Waals surface area contributed by atoms with E-state index in [-0.39, 0.29) is 11.6 Å². The number of hydrogen-bond acceptors (Lipinski definition) is 4. The molecule has 0 saturated heterocycles. The maximum atomic E-state index is 12.4. The summed E-state index contributed by atoms with van der Waals surface area (Å²) >= 11 is 0. The summed E-state index contributed by atoms with van der Waals surface area (Å²) in [6, 6.07) is 20.2. The van der Waals surface area contributed by atoms with Gasteiger partial charge in [0.2, 0.25) is 0 Å². The Labute approximate surface area is 151 Å². The van der Waals surface area contributed by atoms with Crippen LogP contribution in [0.25, 0.3) is 16.8 Å². The largest absolute Gasteiger partial charge is 0.332 e. The molecule has 0 unspecified atom stereocenters. The highest BCUT2D eigenvalue weighted by molar-refractivity contribution is 5.94. The standard InChI is InChI=1S/C20H17N5O/c1-14-18(19(26)22-20(13-21)11-12-20)23-24-25(14)17-9-7-16(8-10-17)15-5-3-2-4-6-15/h2-10H,11-12H2,1H3,(H,22,26). The molecule has 1 fully saturated rings. The molecular formula is C20H17N5O. The maximum Gasteiger partial charge on any atom is 0.275 e. The highest BCUT2D eigenvalue weighted by Gasteiger charge is 2.45. The smallest absolute Gasteiger partial charge is 0.275 e. The highest BCUT2D eigenvalue weighted by Crippen LogP contribution is 2.34. The third-order valence-electron chi connectivity index (χ3n) is 4.65. The molecule has 0 spiro atoms. The van der Waals surface area contributed by atoms with Gasteiger partial charge in [0.05, 0.1) is 17.5 Å². The van der Waals surface area contributed by atoms with Crippen LogP contribution in [0, 0.1) is 18.3 Å². The quantitative estimate of drug-likeness (QED) is 0.789. The van der Waals surface area contributed by atoms with E-state index in [0.717, 1.165) is 16.8 Å². The number of amides is 1. The Kier molecular flexibility index (Phi) is 3.77. The fraction of sp³-hybridized carbons (Fsp3) is 0.200. The van der Waals surface area contributed by atoms with Gasteiger partial charge in [-0.3, -0.25) is 4.79 Å². The van der Waals surface area contributed by atoms with E-state index in [0.29, 0.717) is 18.5 Å². The number of carbonyl (C=O) groups excluding carboxylic acids is 1. The van der Waals surface area contributed by atoms with Gasteiger partial charge in [-0.05, 0) is 43.0 Å². The van der Waals surface area contributed by atoms with Crippen molar-refractivity contribution in [2.45, 2.75) is 25.3 Å². The van der Waals surface area contributed by atoms with Gasteiger partial charge in [0, 0.05) is 0 Å². The fourth-order valence-corrected chi connectivity index (χ4v) is 2.88. The Morgan fingerprint density at radius 1 is 1.12 bits per heavy atom. The molecule has 6 nitrogen and oxygen atoms in total. The Morgan fingerprint density at radius 2 is 1.77 bits per heavy atom. The molecule has 1 amide bonds. The van der Waals surface area contributed by atoms with Gasteiger partial charge in [0.25, 0.3) is 5.91 Å². The van der Waals surface area contributed by atoms with Crippen molar-refractivity contribution in [3.63, 3.8) is 0 Å². The van der Waals surface area contributed by atoms with Crippen molar-refractivity contribution < 1.29 is 4.79 Å². The van der Waals surface area contributed by atoms with Crippen LogP contribution < -0.4 is 5.32 Å². The second-order valence-electron chi connectivity index (χ2n) is 6.50. The number of aromatic nitrogens is 3. The minimum Gasteiger partial charge on any atom is -0.332 e. The first-order chi connectivity index (χ1) is 12.6. The molecule has 2 aromatic carbocycles. The Morgan fingerprint density at radius 3 is 2.38 bits per heavy atom. The molecule has 0 atom stereocenters. The Hall–Kier alpha value is -3.46. The first kappa shape index (κ1) is 16.0. The minimum atomic E-state index is -0.718. The van der Waals surface area contributed by atoms with Crippen molar-refractivity contribution in [2.24, 2.45) is 0 Å². The molecule has 4 rings (SSSR count). The topological polar surface area (TPSA) is 83.6 Å². The molecule has 1 aromatic heterocycles. The minimum absolute atomic E-state index is 0.249. The average Bonchev–Trinajstić information content (AvgIpc) is 3.35. The molecular weight excluding hydrogens is 326 g/mol. The van der Waals surface area contributed by atoms with E-state index < -0.39 is 5.54 Å². The van der Waals surface area contributed by atoms with Crippen LogP contribution >= 0.6 is 0 Å². The third kappa shape index (κ3) is 2.84. The molecule has 0 bridgehead atoms. The number of carbonyl (C=O) groups is 1. The van der Waals surface area contributed by atoms with Crippen LogP contribution in [0.1, 0.15) is 29.0 Å².